The van der Waals surface area contributed by atoms with Crippen molar-refractivity contribution >= 4 is 5.78 Å². The van der Waals surface area contributed by atoms with Gasteiger partial charge in [0.25, 0.3) is 0 Å². The molecule has 0 aliphatic carbocycles. The van der Waals surface area contributed by atoms with Crippen LogP contribution < -0.4 is 0 Å². The summed E-state index contributed by atoms with van der Waals surface area (Å²) in [5, 5.41) is 9.60. The monoisotopic (exact) mass is 269 g/mol. The number of hydrogen-bond donors (Lipinski definition) is 0. The number of ketones is 1. The standard InChI is InChI=1S/C18H23NO/c1-6-15(14-10-8-7-9-11-14)18(5,13-19)16(20)12-17(2,3)4/h6-11,15H,1,12H2,2-5H3/t15-,18+/m0/s1. The Balaban J connectivity index is 3.18. The van der Waals surface area contributed by atoms with Crippen LogP contribution in [0.4, 0.5) is 0 Å². The van der Waals surface area contributed by atoms with Crippen molar-refractivity contribution in [2.45, 2.75) is 40.0 Å². The van der Waals surface area contributed by atoms with Crippen LogP contribution in [0.5, 0.6) is 0 Å². The first-order chi connectivity index (χ1) is 9.24. The number of carbonyl (C=O) groups is 1. The zero-order valence-electron chi connectivity index (χ0n) is 12.8. The molecule has 0 aliphatic heterocycles. The summed E-state index contributed by atoms with van der Waals surface area (Å²) in [5.74, 6) is -0.315. The molecule has 0 heterocycles. The molecule has 0 aliphatic rings. The number of Topliss-reactive ketones (excluding diaryl/α,β-unsaturated/α-hetero) is 1. The Morgan fingerprint density at radius 2 is 1.85 bits per heavy atom. The van der Waals surface area contributed by atoms with E-state index in [4.69, 9.17) is 0 Å². The van der Waals surface area contributed by atoms with Crippen LogP contribution in [0, 0.1) is 22.2 Å². The van der Waals surface area contributed by atoms with E-state index in [9.17, 15) is 10.1 Å². The largest absolute Gasteiger partial charge is 0.298 e. The van der Waals surface area contributed by atoms with Crippen LogP contribution in [-0.4, -0.2) is 5.78 Å². The van der Waals surface area contributed by atoms with E-state index >= 15 is 0 Å². The minimum absolute atomic E-state index is 0.0266. The predicted molar refractivity (Wildman–Crippen MR) is 82.2 cm³/mol. The molecule has 1 rings (SSSR count). The third kappa shape index (κ3) is 3.57. The van der Waals surface area contributed by atoms with Gasteiger partial charge in [-0.25, -0.2) is 0 Å². The SMILES string of the molecule is C=C[C@@H](c1ccccc1)[C@@](C)(C#N)C(=O)CC(C)(C)C. The summed E-state index contributed by atoms with van der Waals surface area (Å²) in [6.45, 7) is 11.6. The van der Waals surface area contributed by atoms with Gasteiger partial charge in [0.05, 0.1) is 6.07 Å². The summed E-state index contributed by atoms with van der Waals surface area (Å²) >= 11 is 0. The molecule has 0 aromatic heterocycles. The van der Waals surface area contributed by atoms with E-state index in [1.54, 1.807) is 13.0 Å². The fourth-order valence-corrected chi connectivity index (χ4v) is 2.34. The van der Waals surface area contributed by atoms with Gasteiger partial charge >= 0.3 is 0 Å². The second-order valence-corrected chi connectivity index (χ2v) is 6.60. The lowest BCUT2D eigenvalue weighted by molar-refractivity contribution is -0.127. The Hall–Kier alpha value is -1.88. The van der Waals surface area contributed by atoms with Gasteiger partial charge in [0.2, 0.25) is 0 Å². The van der Waals surface area contributed by atoms with Gasteiger partial charge < -0.3 is 0 Å². The average Bonchev–Trinajstić information content (AvgIpc) is 2.38. The first kappa shape index (κ1) is 16.2. The lowest BCUT2D eigenvalue weighted by atomic mass is 9.68. The number of hydrogen-bond acceptors (Lipinski definition) is 2. The van der Waals surface area contributed by atoms with Crippen LogP contribution in [0.1, 0.15) is 45.6 Å². The molecule has 2 nitrogen and oxygen atoms in total. The number of allylic oxidation sites excluding steroid dienone is 1. The lowest BCUT2D eigenvalue weighted by Gasteiger charge is -2.31. The zero-order chi connectivity index (χ0) is 15.4. The molecular weight excluding hydrogens is 246 g/mol. The molecule has 0 amide bonds. The van der Waals surface area contributed by atoms with Gasteiger partial charge in [-0.1, -0.05) is 57.2 Å². The maximum Gasteiger partial charge on any atom is 0.154 e. The maximum atomic E-state index is 12.6. The first-order valence-corrected chi connectivity index (χ1v) is 6.86. The quantitative estimate of drug-likeness (QED) is 0.739. The molecule has 106 valence electrons. The van der Waals surface area contributed by atoms with Crippen molar-refractivity contribution in [2.24, 2.45) is 10.8 Å². The number of benzene rings is 1. The van der Waals surface area contributed by atoms with E-state index in [1.807, 2.05) is 51.1 Å². The molecule has 0 radical (unpaired) electrons. The van der Waals surface area contributed by atoms with E-state index in [1.165, 1.54) is 0 Å². The van der Waals surface area contributed by atoms with Gasteiger partial charge in [0.1, 0.15) is 5.41 Å². The van der Waals surface area contributed by atoms with Crippen molar-refractivity contribution in [3.05, 3.63) is 48.6 Å². The van der Waals surface area contributed by atoms with Gasteiger partial charge in [0, 0.05) is 12.3 Å². The van der Waals surface area contributed by atoms with Crippen molar-refractivity contribution < 1.29 is 4.79 Å². The second kappa shape index (κ2) is 6.05. The third-order valence-corrected chi connectivity index (χ3v) is 3.52. The average molecular weight is 269 g/mol. The zero-order valence-corrected chi connectivity index (χ0v) is 12.8. The van der Waals surface area contributed by atoms with Crippen LogP contribution in [0.2, 0.25) is 0 Å². The molecule has 0 fully saturated rings. The summed E-state index contributed by atoms with van der Waals surface area (Å²) in [6.07, 6.45) is 2.09. The highest BCUT2D eigenvalue weighted by Gasteiger charge is 2.41. The number of nitriles is 1. The fraction of sp³-hybridized carbons (Fsp3) is 0.444. The van der Waals surface area contributed by atoms with Crippen molar-refractivity contribution in [3.63, 3.8) is 0 Å². The predicted octanol–water partition coefficient (Wildman–Crippen LogP) is 4.49. The minimum atomic E-state index is -1.07. The van der Waals surface area contributed by atoms with Crippen LogP contribution >= 0.6 is 0 Å². The van der Waals surface area contributed by atoms with E-state index in [0.717, 1.165) is 5.56 Å². The lowest BCUT2D eigenvalue weighted by Crippen LogP contribution is -2.34. The van der Waals surface area contributed by atoms with Crippen LogP contribution in [0.15, 0.2) is 43.0 Å². The normalized spacial score (nSPS) is 15.8. The molecule has 1 aromatic rings. The number of carbonyl (C=O) groups excluding carboxylic acids is 1. The van der Waals surface area contributed by atoms with Gasteiger partial charge in [-0.3, -0.25) is 4.79 Å². The van der Waals surface area contributed by atoms with Crippen molar-refractivity contribution in [1.82, 2.24) is 0 Å². The van der Waals surface area contributed by atoms with Gasteiger partial charge in [-0.05, 0) is 17.9 Å². The highest BCUT2D eigenvalue weighted by atomic mass is 16.1. The van der Waals surface area contributed by atoms with E-state index in [0.29, 0.717) is 6.42 Å². The Labute approximate surface area is 122 Å². The van der Waals surface area contributed by atoms with Crippen molar-refractivity contribution in [1.29, 1.82) is 5.26 Å². The Kier molecular flexibility index (Phi) is 4.89. The van der Waals surface area contributed by atoms with Crippen molar-refractivity contribution in [2.75, 3.05) is 0 Å². The molecule has 0 bridgehead atoms. The van der Waals surface area contributed by atoms with E-state index in [-0.39, 0.29) is 17.1 Å². The molecule has 0 saturated carbocycles. The molecule has 0 N–H and O–H groups in total. The van der Waals surface area contributed by atoms with Gasteiger partial charge in [-0.2, -0.15) is 5.26 Å². The van der Waals surface area contributed by atoms with E-state index in [2.05, 4.69) is 12.6 Å². The van der Waals surface area contributed by atoms with Crippen molar-refractivity contribution in [3.8, 4) is 6.07 Å². The summed E-state index contributed by atoms with van der Waals surface area (Å²) in [6, 6.07) is 11.9. The first-order valence-electron chi connectivity index (χ1n) is 6.86. The number of rotatable bonds is 5. The van der Waals surface area contributed by atoms with Crippen LogP contribution in [0.3, 0.4) is 0 Å². The molecule has 2 atom stereocenters. The summed E-state index contributed by atoms with van der Waals surface area (Å²) in [4.78, 5) is 12.6. The summed E-state index contributed by atoms with van der Waals surface area (Å²) < 4.78 is 0. The molecule has 0 unspecified atom stereocenters. The Morgan fingerprint density at radius 3 is 2.25 bits per heavy atom. The van der Waals surface area contributed by atoms with E-state index < -0.39 is 5.41 Å². The molecule has 20 heavy (non-hydrogen) atoms. The van der Waals surface area contributed by atoms with Crippen LogP contribution in [0.25, 0.3) is 0 Å². The van der Waals surface area contributed by atoms with Crippen LogP contribution in [-0.2, 0) is 4.79 Å². The molecule has 1 aromatic carbocycles. The fourth-order valence-electron chi connectivity index (χ4n) is 2.34. The molecular formula is C18H23NO. The smallest absolute Gasteiger partial charge is 0.154 e. The highest BCUT2D eigenvalue weighted by Crippen LogP contribution is 2.40. The molecule has 0 saturated heterocycles. The molecule has 2 heteroatoms. The third-order valence-electron chi connectivity index (χ3n) is 3.52. The highest BCUT2D eigenvalue weighted by molar-refractivity contribution is 5.89. The summed E-state index contributed by atoms with van der Waals surface area (Å²) in [5.41, 5.74) is -0.248. The maximum absolute atomic E-state index is 12.6. The Bertz CT molecular complexity index is 519. The number of nitrogens with zero attached hydrogens (tertiary/aromatic N) is 1. The Morgan fingerprint density at radius 1 is 1.30 bits per heavy atom. The molecule has 0 spiro atoms. The van der Waals surface area contributed by atoms with Gasteiger partial charge in [-0.15, -0.1) is 6.58 Å². The topological polar surface area (TPSA) is 40.9 Å². The van der Waals surface area contributed by atoms with Gasteiger partial charge in [0.15, 0.2) is 5.78 Å². The minimum Gasteiger partial charge on any atom is -0.298 e. The second-order valence-electron chi connectivity index (χ2n) is 6.60. The summed E-state index contributed by atoms with van der Waals surface area (Å²) in [7, 11) is 0.